The number of aromatic hydroxyl groups is 1. The van der Waals surface area contributed by atoms with E-state index in [1.807, 2.05) is 6.26 Å². The van der Waals surface area contributed by atoms with Crippen molar-refractivity contribution in [2.75, 3.05) is 24.9 Å². The zero-order valence-electron chi connectivity index (χ0n) is 21.9. The molecule has 0 aromatic heterocycles. The number of carboxylic acids is 1. The molecule has 0 saturated heterocycles. The van der Waals surface area contributed by atoms with Gasteiger partial charge < -0.3 is 25.6 Å². The van der Waals surface area contributed by atoms with Gasteiger partial charge in [-0.15, -0.1) is 0 Å². The van der Waals surface area contributed by atoms with E-state index in [1.54, 1.807) is 18.2 Å². The van der Waals surface area contributed by atoms with Crippen LogP contribution in [0.2, 0.25) is 0 Å². The number of carboxylic acid groups (broad SMARTS) is 1. The second kappa shape index (κ2) is 18.8. The van der Waals surface area contributed by atoms with Gasteiger partial charge in [0.2, 0.25) is 12.3 Å². The van der Waals surface area contributed by atoms with Crippen molar-refractivity contribution < 1.29 is 34.1 Å². The molecule has 0 aliphatic carbocycles. The van der Waals surface area contributed by atoms with E-state index in [0.717, 1.165) is 31.2 Å². The van der Waals surface area contributed by atoms with Crippen molar-refractivity contribution in [3.63, 3.8) is 0 Å². The van der Waals surface area contributed by atoms with Crippen molar-refractivity contribution in [3.8, 4) is 11.5 Å². The molecule has 1 rings (SSSR count). The average Bonchev–Trinajstić information content (AvgIpc) is 2.87. The van der Waals surface area contributed by atoms with Gasteiger partial charge in [-0.05, 0) is 49.0 Å². The van der Waals surface area contributed by atoms with Crippen LogP contribution in [0.5, 0.6) is 11.5 Å². The molecule has 2 amide bonds. The Bertz CT molecular complexity index is 869. The number of rotatable bonds is 21. The Hall–Kier alpha value is -2.40. The fourth-order valence-electron chi connectivity index (χ4n) is 3.66. The minimum Gasteiger partial charge on any atom is -0.504 e. The molecule has 0 spiro atoms. The highest BCUT2D eigenvalue weighted by molar-refractivity contribution is 8.00. The SMILES string of the molecule is CCCCCC(CC(=O)CCc1ccc(O)c(OC)c1)SCC(NC=O)C(=O)NC(CCSC)C(=O)O. The molecule has 0 aliphatic heterocycles. The summed E-state index contributed by atoms with van der Waals surface area (Å²) in [4.78, 5) is 48.2. The van der Waals surface area contributed by atoms with Crippen molar-refractivity contribution in [2.45, 2.75) is 75.6 Å². The summed E-state index contributed by atoms with van der Waals surface area (Å²) in [6, 6.07) is 3.10. The van der Waals surface area contributed by atoms with E-state index < -0.39 is 24.0 Å². The number of nitrogens with one attached hydrogen (secondary N) is 2. The first-order valence-electron chi connectivity index (χ1n) is 12.5. The second-order valence-electron chi connectivity index (χ2n) is 8.72. The van der Waals surface area contributed by atoms with Gasteiger partial charge in [-0.3, -0.25) is 14.4 Å². The van der Waals surface area contributed by atoms with Crippen LogP contribution < -0.4 is 15.4 Å². The first kappa shape index (κ1) is 32.6. The fraction of sp³-hybridized carbons (Fsp3) is 0.615. The number of ether oxygens (including phenoxy) is 1. The van der Waals surface area contributed by atoms with Crippen LogP contribution in [0.25, 0.3) is 0 Å². The third kappa shape index (κ3) is 13.1. The molecule has 11 heteroatoms. The zero-order chi connectivity index (χ0) is 27.6. The lowest BCUT2D eigenvalue weighted by Gasteiger charge is -2.22. The van der Waals surface area contributed by atoms with Crippen LogP contribution in [0.4, 0.5) is 0 Å². The Morgan fingerprint density at radius 1 is 1.16 bits per heavy atom. The Balaban J connectivity index is 2.75. The number of benzene rings is 1. The standard InChI is InChI=1S/C26H40N2O7S2/c1-4-5-6-7-20(15-19(30)10-8-18-9-11-23(31)24(14-18)35-2)37-16-22(27-17-29)25(32)28-21(26(33)34)12-13-36-3/h9,11,14,17,20-22,31H,4-8,10,12-13,15-16H2,1-3H3,(H,27,29)(H,28,32)(H,33,34). The summed E-state index contributed by atoms with van der Waals surface area (Å²) in [7, 11) is 1.47. The third-order valence-corrected chi connectivity index (χ3v) is 7.87. The van der Waals surface area contributed by atoms with Gasteiger partial charge in [0.05, 0.1) is 7.11 Å². The lowest BCUT2D eigenvalue weighted by Crippen LogP contribution is -2.51. The third-order valence-electron chi connectivity index (χ3n) is 5.83. The topological polar surface area (TPSA) is 142 Å². The number of carbonyl (C=O) groups is 4. The lowest BCUT2D eigenvalue weighted by molar-refractivity contribution is -0.142. The van der Waals surface area contributed by atoms with E-state index >= 15 is 0 Å². The van der Waals surface area contributed by atoms with Crippen LogP contribution in [0, 0.1) is 0 Å². The van der Waals surface area contributed by atoms with Gasteiger partial charge in [0, 0.05) is 23.8 Å². The number of Topliss-reactive ketones (excluding diaryl/α,β-unsaturated/α-hetero) is 1. The fourth-order valence-corrected chi connectivity index (χ4v) is 5.48. The second-order valence-corrected chi connectivity index (χ2v) is 11.0. The minimum atomic E-state index is -1.12. The number of methoxy groups -OCH3 is 1. The van der Waals surface area contributed by atoms with Crippen LogP contribution in [0.15, 0.2) is 18.2 Å². The Kier molecular flexibility index (Phi) is 16.6. The number of aliphatic carboxylic acids is 1. The normalized spacial score (nSPS) is 13.3. The van der Waals surface area contributed by atoms with E-state index in [2.05, 4.69) is 17.6 Å². The number of unbranched alkanes of at least 4 members (excludes halogenated alkanes) is 2. The maximum atomic E-state index is 12.8. The maximum Gasteiger partial charge on any atom is 0.326 e. The van der Waals surface area contributed by atoms with Crippen molar-refractivity contribution in [1.29, 1.82) is 0 Å². The van der Waals surface area contributed by atoms with Gasteiger partial charge in [0.15, 0.2) is 11.5 Å². The molecule has 0 aliphatic rings. The quantitative estimate of drug-likeness (QED) is 0.132. The molecule has 3 unspecified atom stereocenters. The number of phenols is 1. The van der Waals surface area contributed by atoms with Crippen LogP contribution >= 0.6 is 23.5 Å². The number of hydrogen-bond acceptors (Lipinski definition) is 8. The van der Waals surface area contributed by atoms with Crippen molar-refractivity contribution in [1.82, 2.24) is 10.6 Å². The van der Waals surface area contributed by atoms with Gasteiger partial charge >= 0.3 is 5.97 Å². The van der Waals surface area contributed by atoms with Crippen molar-refractivity contribution >= 4 is 47.6 Å². The number of ketones is 1. The van der Waals surface area contributed by atoms with Crippen LogP contribution in [0.1, 0.15) is 57.4 Å². The molecule has 4 N–H and O–H groups in total. The van der Waals surface area contributed by atoms with Gasteiger partial charge in [-0.25, -0.2) is 4.79 Å². The molecule has 3 atom stereocenters. The smallest absolute Gasteiger partial charge is 0.326 e. The number of thioether (sulfide) groups is 2. The van der Waals surface area contributed by atoms with Crippen molar-refractivity contribution in [2.24, 2.45) is 0 Å². The number of aryl methyl sites for hydroxylation is 1. The monoisotopic (exact) mass is 556 g/mol. The van der Waals surface area contributed by atoms with Gasteiger partial charge in [0.25, 0.3) is 0 Å². The molecule has 0 heterocycles. The molecule has 37 heavy (non-hydrogen) atoms. The zero-order valence-corrected chi connectivity index (χ0v) is 23.5. The Morgan fingerprint density at radius 3 is 2.54 bits per heavy atom. The Labute approximate surface area is 227 Å². The number of carbonyl (C=O) groups excluding carboxylic acids is 3. The summed E-state index contributed by atoms with van der Waals surface area (Å²) >= 11 is 2.94. The number of phenolic OH excluding ortho intramolecular Hbond substituents is 1. The average molecular weight is 557 g/mol. The highest BCUT2D eigenvalue weighted by Gasteiger charge is 2.26. The predicted molar refractivity (Wildman–Crippen MR) is 149 cm³/mol. The number of amides is 2. The summed E-state index contributed by atoms with van der Waals surface area (Å²) in [6.07, 6.45) is 7.60. The van der Waals surface area contributed by atoms with E-state index in [0.29, 0.717) is 37.2 Å². The molecule has 0 fully saturated rings. The molecular formula is C26H40N2O7S2. The maximum absolute atomic E-state index is 12.8. The molecule has 0 saturated carbocycles. The molecule has 9 nitrogen and oxygen atoms in total. The Morgan fingerprint density at radius 2 is 1.92 bits per heavy atom. The van der Waals surface area contributed by atoms with Crippen LogP contribution in [0.3, 0.4) is 0 Å². The highest BCUT2D eigenvalue weighted by Crippen LogP contribution is 2.27. The molecule has 1 aromatic carbocycles. The first-order chi connectivity index (χ1) is 17.7. The molecule has 1 aromatic rings. The van der Waals surface area contributed by atoms with Gasteiger partial charge in [0.1, 0.15) is 17.9 Å². The summed E-state index contributed by atoms with van der Waals surface area (Å²) in [5.41, 5.74) is 0.888. The minimum absolute atomic E-state index is 0.0241. The van der Waals surface area contributed by atoms with E-state index in [1.165, 1.54) is 30.6 Å². The van der Waals surface area contributed by atoms with E-state index in [9.17, 15) is 29.4 Å². The van der Waals surface area contributed by atoms with Gasteiger partial charge in [-0.2, -0.15) is 23.5 Å². The summed E-state index contributed by atoms with van der Waals surface area (Å²) in [5, 5.41) is 24.1. The van der Waals surface area contributed by atoms with Crippen molar-refractivity contribution in [3.05, 3.63) is 23.8 Å². The molecular weight excluding hydrogens is 516 g/mol. The lowest BCUT2D eigenvalue weighted by atomic mass is 10.0. The summed E-state index contributed by atoms with van der Waals surface area (Å²) < 4.78 is 5.13. The molecule has 0 bridgehead atoms. The number of hydrogen-bond donors (Lipinski definition) is 4. The van der Waals surface area contributed by atoms with E-state index in [-0.39, 0.29) is 29.0 Å². The predicted octanol–water partition coefficient (Wildman–Crippen LogP) is 3.41. The van der Waals surface area contributed by atoms with Crippen LogP contribution in [-0.4, -0.2) is 76.5 Å². The van der Waals surface area contributed by atoms with Crippen LogP contribution in [-0.2, 0) is 25.6 Å². The summed E-state index contributed by atoms with van der Waals surface area (Å²) in [5.74, 6) is -0.347. The molecule has 208 valence electrons. The summed E-state index contributed by atoms with van der Waals surface area (Å²) in [6.45, 7) is 2.10. The molecule has 0 radical (unpaired) electrons. The van der Waals surface area contributed by atoms with Gasteiger partial charge in [-0.1, -0.05) is 32.3 Å². The van der Waals surface area contributed by atoms with E-state index in [4.69, 9.17) is 4.74 Å². The first-order valence-corrected chi connectivity index (χ1v) is 14.9. The highest BCUT2D eigenvalue weighted by atomic mass is 32.2. The largest absolute Gasteiger partial charge is 0.504 e.